The van der Waals surface area contributed by atoms with Crippen LogP contribution in [0.25, 0.3) is 0 Å². The highest BCUT2D eigenvalue weighted by Gasteiger charge is 2.26. The van der Waals surface area contributed by atoms with Gasteiger partial charge in [0, 0.05) is 13.0 Å². The second-order valence-corrected chi connectivity index (χ2v) is 20.2. The Morgan fingerprint density at radius 2 is 0.825 bits per heavy atom. The maximum Gasteiger partial charge on any atom is 0.472 e. The smallest absolute Gasteiger partial charge is 0.387 e. The Morgan fingerprint density at radius 1 is 0.508 bits per heavy atom. The molecule has 8 nitrogen and oxygen atoms in total. The van der Waals surface area contributed by atoms with Gasteiger partial charge in [-0.3, -0.25) is 13.8 Å². The number of nitrogens with one attached hydrogen (secondary N) is 1. The third-order valence-electron chi connectivity index (χ3n) is 12.5. The van der Waals surface area contributed by atoms with E-state index in [1.165, 1.54) is 225 Å². The van der Waals surface area contributed by atoms with Crippen molar-refractivity contribution in [2.24, 2.45) is 5.73 Å². The van der Waals surface area contributed by atoms with Crippen LogP contribution in [-0.2, 0) is 18.4 Å². The number of allylic oxidation sites excluding steroid dienone is 3. The van der Waals surface area contributed by atoms with Crippen LogP contribution in [0.5, 0.6) is 0 Å². The standard InChI is InChI=1S/C54H107N2O6P/c1-3-5-7-9-11-13-15-17-19-21-23-25-26-28-30-32-34-36-38-40-42-44-46-48-54(58)56-52(51-62-63(59,60)61-50-49-55)53(57)47-45-43-41-39-37-35-33-31-29-27-24-22-20-18-16-14-12-10-8-6-4-2/h21,23,45,47,52-53,57H,3-20,22,24-44,46,48-51,55H2,1-2H3,(H,56,58)(H,59,60)/b23-21-,47-45+. The molecule has 0 heterocycles. The summed E-state index contributed by atoms with van der Waals surface area (Å²) in [5.41, 5.74) is 5.40. The van der Waals surface area contributed by atoms with Crippen LogP contribution >= 0.6 is 7.82 Å². The summed E-state index contributed by atoms with van der Waals surface area (Å²) in [7, 11) is -4.34. The van der Waals surface area contributed by atoms with Gasteiger partial charge in [0.1, 0.15) is 0 Å². The zero-order valence-electron chi connectivity index (χ0n) is 41.8. The number of aliphatic hydroxyl groups excluding tert-OH is 1. The van der Waals surface area contributed by atoms with Crippen LogP contribution in [0.4, 0.5) is 0 Å². The first-order chi connectivity index (χ1) is 30.9. The molecule has 3 atom stereocenters. The fourth-order valence-corrected chi connectivity index (χ4v) is 9.12. The molecule has 0 saturated carbocycles. The van der Waals surface area contributed by atoms with Gasteiger partial charge in [0.05, 0.1) is 25.4 Å². The van der Waals surface area contributed by atoms with Gasteiger partial charge in [-0.2, -0.15) is 0 Å². The zero-order valence-corrected chi connectivity index (χ0v) is 42.7. The van der Waals surface area contributed by atoms with E-state index in [-0.39, 0.29) is 25.7 Å². The van der Waals surface area contributed by atoms with Crippen LogP contribution in [0, 0.1) is 0 Å². The van der Waals surface area contributed by atoms with Crippen molar-refractivity contribution in [3.8, 4) is 0 Å². The van der Waals surface area contributed by atoms with Gasteiger partial charge < -0.3 is 21.1 Å². The molecule has 0 aliphatic heterocycles. The maximum atomic E-state index is 12.9. The van der Waals surface area contributed by atoms with Gasteiger partial charge in [-0.25, -0.2) is 4.57 Å². The minimum absolute atomic E-state index is 0.0800. The molecule has 0 rings (SSSR count). The molecule has 0 saturated heterocycles. The Balaban J connectivity index is 4.03. The van der Waals surface area contributed by atoms with Crippen LogP contribution in [0.2, 0.25) is 0 Å². The number of phosphoric acid groups is 1. The molecule has 1 amide bonds. The summed E-state index contributed by atoms with van der Waals surface area (Å²) in [4.78, 5) is 22.9. The summed E-state index contributed by atoms with van der Waals surface area (Å²) in [5, 5.41) is 13.8. The van der Waals surface area contributed by atoms with Crippen LogP contribution in [0.1, 0.15) is 284 Å². The number of aliphatic hydroxyl groups is 1. The Kier molecular flexibility index (Phi) is 49.6. The SMILES string of the molecule is CCCCCCCCCC/C=C\CCCCCCCCCCCCCC(=O)NC(COP(=O)(O)OCCN)C(O)/C=C/CCCCCCCCCCCCCCCCCCCCC. The molecule has 0 aromatic heterocycles. The lowest BCUT2D eigenvalue weighted by molar-refractivity contribution is -0.123. The van der Waals surface area contributed by atoms with E-state index in [9.17, 15) is 19.4 Å². The number of nitrogens with two attached hydrogens (primary N) is 1. The van der Waals surface area contributed by atoms with Gasteiger partial charge in [-0.15, -0.1) is 0 Å². The molecule has 5 N–H and O–H groups in total. The number of hydrogen-bond acceptors (Lipinski definition) is 6. The average Bonchev–Trinajstić information content (AvgIpc) is 3.27. The summed E-state index contributed by atoms with van der Waals surface area (Å²) < 4.78 is 22.3. The molecule has 0 aliphatic rings. The first kappa shape index (κ1) is 62.0. The third-order valence-corrected chi connectivity index (χ3v) is 13.5. The van der Waals surface area contributed by atoms with E-state index in [4.69, 9.17) is 14.8 Å². The molecule has 3 unspecified atom stereocenters. The van der Waals surface area contributed by atoms with Crippen molar-refractivity contribution in [2.75, 3.05) is 19.8 Å². The lowest BCUT2D eigenvalue weighted by Crippen LogP contribution is -2.45. The predicted octanol–water partition coefficient (Wildman–Crippen LogP) is 16.5. The van der Waals surface area contributed by atoms with Crippen molar-refractivity contribution in [3.05, 3.63) is 24.3 Å². The Hall–Kier alpha value is -1.02. The Morgan fingerprint density at radius 3 is 1.17 bits per heavy atom. The lowest BCUT2D eigenvalue weighted by atomic mass is 10.0. The average molecular weight is 911 g/mol. The van der Waals surface area contributed by atoms with E-state index in [2.05, 4.69) is 31.3 Å². The molecule has 0 bridgehead atoms. The Bertz CT molecular complexity index is 1040. The quantitative estimate of drug-likeness (QED) is 0.0271. The van der Waals surface area contributed by atoms with Crippen LogP contribution in [-0.4, -0.2) is 47.8 Å². The third kappa shape index (κ3) is 48.7. The van der Waals surface area contributed by atoms with E-state index in [0.29, 0.717) is 6.42 Å². The van der Waals surface area contributed by atoms with Gasteiger partial charge in [0.2, 0.25) is 5.91 Å². The second-order valence-electron chi connectivity index (χ2n) is 18.8. The van der Waals surface area contributed by atoms with Crippen molar-refractivity contribution >= 4 is 13.7 Å². The minimum Gasteiger partial charge on any atom is -0.387 e. The molecular formula is C54H107N2O6P. The summed E-state index contributed by atoms with van der Waals surface area (Å²) in [5.74, 6) is -0.190. The summed E-state index contributed by atoms with van der Waals surface area (Å²) in [6.45, 7) is 4.18. The van der Waals surface area contributed by atoms with Crippen LogP contribution in [0.15, 0.2) is 24.3 Å². The molecule has 374 valence electrons. The first-order valence-corrected chi connectivity index (χ1v) is 29.0. The number of hydrogen-bond donors (Lipinski definition) is 4. The lowest BCUT2D eigenvalue weighted by Gasteiger charge is -2.23. The van der Waals surface area contributed by atoms with Gasteiger partial charge in [0.25, 0.3) is 0 Å². The van der Waals surface area contributed by atoms with Gasteiger partial charge in [-0.1, -0.05) is 256 Å². The topological polar surface area (TPSA) is 131 Å². The molecule has 0 spiro atoms. The number of amides is 1. The largest absolute Gasteiger partial charge is 0.472 e. The van der Waals surface area contributed by atoms with Gasteiger partial charge in [0.15, 0.2) is 0 Å². The molecule has 0 aliphatic carbocycles. The number of carbonyl (C=O) groups excluding carboxylic acids is 1. The molecule has 0 aromatic rings. The predicted molar refractivity (Wildman–Crippen MR) is 272 cm³/mol. The van der Waals surface area contributed by atoms with Crippen molar-refractivity contribution in [1.82, 2.24) is 5.32 Å². The van der Waals surface area contributed by atoms with E-state index in [1.807, 2.05) is 6.08 Å². The highest BCUT2D eigenvalue weighted by molar-refractivity contribution is 7.47. The van der Waals surface area contributed by atoms with E-state index in [0.717, 1.165) is 38.5 Å². The molecular weight excluding hydrogens is 804 g/mol. The normalized spacial score (nSPS) is 13.9. The molecule has 0 aromatic carbocycles. The summed E-state index contributed by atoms with van der Waals surface area (Å²) in [6, 6.07) is -0.859. The zero-order chi connectivity index (χ0) is 46.0. The summed E-state index contributed by atoms with van der Waals surface area (Å²) >= 11 is 0. The number of phosphoric ester groups is 1. The van der Waals surface area contributed by atoms with E-state index < -0.39 is 20.0 Å². The highest BCUT2D eigenvalue weighted by Crippen LogP contribution is 2.43. The van der Waals surface area contributed by atoms with Gasteiger partial charge >= 0.3 is 7.82 Å². The van der Waals surface area contributed by atoms with E-state index in [1.54, 1.807) is 6.08 Å². The van der Waals surface area contributed by atoms with Crippen molar-refractivity contribution in [3.63, 3.8) is 0 Å². The number of unbranched alkanes of at least 4 members (excludes halogenated alkanes) is 38. The molecule has 63 heavy (non-hydrogen) atoms. The van der Waals surface area contributed by atoms with Crippen LogP contribution in [0.3, 0.4) is 0 Å². The number of carbonyl (C=O) groups is 1. The monoisotopic (exact) mass is 911 g/mol. The fraction of sp³-hybridized carbons (Fsp3) is 0.907. The molecule has 9 heteroatoms. The van der Waals surface area contributed by atoms with E-state index >= 15 is 0 Å². The summed E-state index contributed by atoms with van der Waals surface area (Å²) in [6.07, 6.45) is 61.1. The molecule has 0 radical (unpaired) electrons. The number of rotatable bonds is 52. The van der Waals surface area contributed by atoms with Crippen molar-refractivity contribution in [1.29, 1.82) is 0 Å². The van der Waals surface area contributed by atoms with Crippen molar-refractivity contribution < 1.29 is 28.4 Å². The maximum absolute atomic E-state index is 12.9. The highest BCUT2D eigenvalue weighted by atomic mass is 31.2. The first-order valence-electron chi connectivity index (χ1n) is 27.5. The van der Waals surface area contributed by atoms with Crippen LogP contribution < -0.4 is 11.1 Å². The minimum atomic E-state index is -4.34. The Labute approximate surface area is 391 Å². The second kappa shape index (κ2) is 50.4. The van der Waals surface area contributed by atoms with Gasteiger partial charge in [-0.05, 0) is 44.9 Å². The molecule has 0 fully saturated rings. The fourth-order valence-electron chi connectivity index (χ4n) is 8.37. The van der Waals surface area contributed by atoms with Crippen molar-refractivity contribution in [2.45, 2.75) is 296 Å².